The standard InChI is InChI=1S/C16H17ClN2O2/c1-19(10-11-4-3-5-13(18)8-11)16(20)14-7-6-12(17)9-15(14)21-2/h3-9H,10,18H2,1-2H3. The lowest BCUT2D eigenvalue weighted by atomic mass is 10.1. The first-order valence-corrected chi connectivity index (χ1v) is 6.82. The van der Waals surface area contributed by atoms with Crippen LogP contribution in [-0.2, 0) is 6.54 Å². The molecule has 0 unspecified atom stereocenters. The maximum Gasteiger partial charge on any atom is 0.257 e. The van der Waals surface area contributed by atoms with Crippen LogP contribution >= 0.6 is 11.6 Å². The van der Waals surface area contributed by atoms with Crippen molar-refractivity contribution < 1.29 is 9.53 Å². The molecule has 0 radical (unpaired) electrons. The van der Waals surface area contributed by atoms with Crippen LogP contribution < -0.4 is 10.5 Å². The minimum absolute atomic E-state index is 0.133. The molecule has 0 fully saturated rings. The van der Waals surface area contributed by atoms with Gasteiger partial charge in [0.15, 0.2) is 0 Å². The van der Waals surface area contributed by atoms with Gasteiger partial charge in [-0.2, -0.15) is 0 Å². The molecule has 0 aliphatic carbocycles. The Balaban J connectivity index is 2.19. The lowest BCUT2D eigenvalue weighted by Crippen LogP contribution is -2.26. The van der Waals surface area contributed by atoms with Crippen molar-refractivity contribution in [1.82, 2.24) is 4.90 Å². The van der Waals surface area contributed by atoms with Gasteiger partial charge >= 0.3 is 0 Å². The monoisotopic (exact) mass is 304 g/mol. The predicted octanol–water partition coefficient (Wildman–Crippen LogP) is 3.20. The molecule has 2 aromatic carbocycles. The molecule has 2 aromatic rings. The molecule has 5 heteroatoms. The number of carbonyl (C=O) groups excluding carboxylic acids is 1. The molecular formula is C16H17ClN2O2. The molecule has 4 nitrogen and oxygen atoms in total. The number of hydrogen-bond donors (Lipinski definition) is 1. The Kier molecular flexibility index (Phi) is 4.70. The molecule has 0 spiro atoms. The lowest BCUT2D eigenvalue weighted by molar-refractivity contribution is 0.0781. The topological polar surface area (TPSA) is 55.6 Å². The fourth-order valence-corrected chi connectivity index (χ4v) is 2.25. The third-order valence-electron chi connectivity index (χ3n) is 3.11. The van der Waals surface area contributed by atoms with Crippen molar-refractivity contribution in [3.05, 3.63) is 58.6 Å². The van der Waals surface area contributed by atoms with E-state index < -0.39 is 0 Å². The third kappa shape index (κ3) is 3.67. The van der Waals surface area contributed by atoms with Crippen LogP contribution in [0.3, 0.4) is 0 Å². The molecule has 0 aliphatic rings. The van der Waals surface area contributed by atoms with Crippen LogP contribution in [0.5, 0.6) is 5.75 Å². The fraction of sp³-hybridized carbons (Fsp3) is 0.188. The summed E-state index contributed by atoms with van der Waals surface area (Å²) < 4.78 is 5.21. The van der Waals surface area contributed by atoms with E-state index in [0.29, 0.717) is 28.6 Å². The second kappa shape index (κ2) is 6.50. The molecule has 0 aliphatic heterocycles. The molecule has 2 rings (SSSR count). The maximum absolute atomic E-state index is 12.5. The molecule has 21 heavy (non-hydrogen) atoms. The number of benzene rings is 2. The first kappa shape index (κ1) is 15.2. The van der Waals surface area contributed by atoms with E-state index in [1.807, 2.05) is 24.3 Å². The molecule has 0 heterocycles. The molecule has 0 aromatic heterocycles. The smallest absolute Gasteiger partial charge is 0.257 e. The maximum atomic E-state index is 12.5. The molecule has 0 saturated heterocycles. The zero-order valence-electron chi connectivity index (χ0n) is 12.0. The summed E-state index contributed by atoms with van der Waals surface area (Å²) in [5.41, 5.74) is 7.87. The molecule has 110 valence electrons. The van der Waals surface area contributed by atoms with Crippen molar-refractivity contribution in [2.75, 3.05) is 19.9 Å². The van der Waals surface area contributed by atoms with Gasteiger partial charge in [0.2, 0.25) is 0 Å². The van der Waals surface area contributed by atoms with Crippen LogP contribution in [0.25, 0.3) is 0 Å². The Morgan fingerprint density at radius 3 is 2.71 bits per heavy atom. The number of amides is 1. The van der Waals surface area contributed by atoms with Crippen LogP contribution in [0, 0.1) is 0 Å². The molecule has 0 bridgehead atoms. The van der Waals surface area contributed by atoms with E-state index >= 15 is 0 Å². The van der Waals surface area contributed by atoms with Crippen LogP contribution in [0.15, 0.2) is 42.5 Å². The highest BCUT2D eigenvalue weighted by Gasteiger charge is 2.17. The van der Waals surface area contributed by atoms with Gasteiger partial charge < -0.3 is 15.4 Å². The van der Waals surface area contributed by atoms with Crippen molar-refractivity contribution in [2.24, 2.45) is 0 Å². The van der Waals surface area contributed by atoms with E-state index in [-0.39, 0.29) is 5.91 Å². The fourth-order valence-electron chi connectivity index (χ4n) is 2.08. The van der Waals surface area contributed by atoms with E-state index in [2.05, 4.69) is 0 Å². The number of ether oxygens (including phenoxy) is 1. The minimum atomic E-state index is -0.133. The van der Waals surface area contributed by atoms with E-state index in [1.54, 1.807) is 30.1 Å². The number of anilines is 1. The largest absolute Gasteiger partial charge is 0.496 e. The Morgan fingerprint density at radius 2 is 2.05 bits per heavy atom. The summed E-state index contributed by atoms with van der Waals surface area (Å²) in [6, 6.07) is 12.4. The van der Waals surface area contributed by atoms with Crippen LogP contribution in [0.2, 0.25) is 5.02 Å². The Bertz CT molecular complexity index is 658. The van der Waals surface area contributed by atoms with Gasteiger partial charge in [0, 0.05) is 24.3 Å². The van der Waals surface area contributed by atoms with Crippen LogP contribution in [-0.4, -0.2) is 25.0 Å². The highest BCUT2D eigenvalue weighted by atomic mass is 35.5. The number of methoxy groups -OCH3 is 1. The van der Waals surface area contributed by atoms with E-state index in [1.165, 1.54) is 7.11 Å². The quantitative estimate of drug-likeness (QED) is 0.883. The summed E-state index contributed by atoms with van der Waals surface area (Å²) in [5, 5.41) is 0.530. The highest BCUT2D eigenvalue weighted by molar-refractivity contribution is 6.30. The van der Waals surface area contributed by atoms with Gasteiger partial charge in [-0.15, -0.1) is 0 Å². The summed E-state index contributed by atoms with van der Waals surface area (Å²) in [5.74, 6) is 0.331. The van der Waals surface area contributed by atoms with Gasteiger partial charge in [0.05, 0.1) is 12.7 Å². The third-order valence-corrected chi connectivity index (χ3v) is 3.35. The SMILES string of the molecule is COc1cc(Cl)ccc1C(=O)N(C)Cc1cccc(N)c1. The van der Waals surface area contributed by atoms with Crippen molar-refractivity contribution in [3.63, 3.8) is 0 Å². The van der Waals surface area contributed by atoms with Crippen molar-refractivity contribution in [2.45, 2.75) is 6.54 Å². The number of halogens is 1. The van der Waals surface area contributed by atoms with Gasteiger partial charge in [-0.05, 0) is 35.9 Å². The first-order chi connectivity index (χ1) is 10.0. The van der Waals surface area contributed by atoms with Gasteiger partial charge in [0.25, 0.3) is 5.91 Å². The summed E-state index contributed by atoms with van der Waals surface area (Å²) in [6.45, 7) is 0.468. The minimum Gasteiger partial charge on any atom is -0.496 e. The molecular weight excluding hydrogens is 288 g/mol. The second-order valence-corrected chi connectivity index (χ2v) is 5.19. The molecule has 2 N–H and O–H groups in total. The Morgan fingerprint density at radius 1 is 1.29 bits per heavy atom. The van der Waals surface area contributed by atoms with Gasteiger partial charge in [-0.25, -0.2) is 0 Å². The van der Waals surface area contributed by atoms with Gasteiger partial charge in [0.1, 0.15) is 5.75 Å². The van der Waals surface area contributed by atoms with Crippen molar-refractivity contribution in [1.29, 1.82) is 0 Å². The lowest BCUT2D eigenvalue weighted by Gasteiger charge is -2.19. The summed E-state index contributed by atoms with van der Waals surface area (Å²) in [6.07, 6.45) is 0. The van der Waals surface area contributed by atoms with Crippen molar-refractivity contribution in [3.8, 4) is 5.75 Å². The van der Waals surface area contributed by atoms with E-state index in [4.69, 9.17) is 22.1 Å². The zero-order valence-corrected chi connectivity index (χ0v) is 12.7. The average molecular weight is 305 g/mol. The summed E-state index contributed by atoms with van der Waals surface area (Å²) in [7, 11) is 3.25. The number of carbonyl (C=O) groups is 1. The summed E-state index contributed by atoms with van der Waals surface area (Å²) >= 11 is 5.91. The number of nitrogen functional groups attached to an aromatic ring is 1. The number of nitrogens with zero attached hydrogens (tertiary/aromatic N) is 1. The van der Waals surface area contributed by atoms with Gasteiger partial charge in [-0.3, -0.25) is 4.79 Å². The molecule has 0 atom stereocenters. The Labute approximate surface area is 129 Å². The first-order valence-electron chi connectivity index (χ1n) is 6.44. The molecule has 1 amide bonds. The number of nitrogens with two attached hydrogens (primary N) is 1. The zero-order chi connectivity index (χ0) is 15.4. The highest BCUT2D eigenvalue weighted by Crippen LogP contribution is 2.24. The molecule has 0 saturated carbocycles. The summed E-state index contributed by atoms with van der Waals surface area (Å²) in [4.78, 5) is 14.1. The van der Waals surface area contributed by atoms with Crippen molar-refractivity contribution >= 4 is 23.2 Å². The second-order valence-electron chi connectivity index (χ2n) is 4.75. The number of rotatable bonds is 4. The number of hydrogen-bond acceptors (Lipinski definition) is 3. The van der Waals surface area contributed by atoms with Crippen LogP contribution in [0.4, 0.5) is 5.69 Å². The average Bonchev–Trinajstić information content (AvgIpc) is 2.46. The predicted molar refractivity (Wildman–Crippen MR) is 84.7 cm³/mol. The normalized spacial score (nSPS) is 10.2. The Hall–Kier alpha value is -2.20. The van der Waals surface area contributed by atoms with Gasteiger partial charge in [-0.1, -0.05) is 23.7 Å². The van der Waals surface area contributed by atoms with Crippen LogP contribution in [0.1, 0.15) is 15.9 Å². The van der Waals surface area contributed by atoms with E-state index in [0.717, 1.165) is 5.56 Å². The van der Waals surface area contributed by atoms with E-state index in [9.17, 15) is 4.79 Å².